The molecule has 1 aliphatic rings. The van der Waals surface area contributed by atoms with E-state index in [0.29, 0.717) is 18.8 Å². The first-order valence-electron chi connectivity index (χ1n) is 9.19. The van der Waals surface area contributed by atoms with Crippen molar-refractivity contribution in [2.45, 2.75) is 25.9 Å². The molecule has 2 aromatic heterocycles. The minimum Gasteiger partial charge on any atom is -0.490 e. The summed E-state index contributed by atoms with van der Waals surface area (Å²) < 4.78 is 7.87. The van der Waals surface area contributed by atoms with Crippen LogP contribution in [0.25, 0.3) is 11.1 Å². The number of carbonyl (C=O) groups excluding carboxylic acids is 1. The van der Waals surface area contributed by atoms with Crippen LogP contribution in [-0.4, -0.2) is 39.8 Å². The van der Waals surface area contributed by atoms with E-state index < -0.39 is 0 Å². The second kappa shape index (κ2) is 7.56. The van der Waals surface area contributed by atoms with Crippen LogP contribution >= 0.6 is 11.3 Å². The summed E-state index contributed by atoms with van der Waals surface area (Å²) in [6.07, 6.45) is 1.82. The van der Waals surface area contributed by atoms with Crippen LogP contribution in [0.2, 0.25) is 0 Å². The second-order valence-electron chi connectivity index (χ2n) is 6.94. The molecule has 6 heteroatoms. The Balaban J connectivity index is 1.32. The molecule has 4 rings (SSSR count). The van der Waals surface area contributed by atoms with Gasteiger partial charge in [0.25, 0.3) is 5.91 Å². The predicted molar refractivity (Wildman–Crippen MR) is 107 cm³/mol. The third kappa shape index (κ3) is 3.90. The van der Waals surface area contributed by atoms with Gasteiger partial charge in [-0.25, -0.2) is 0 Å². The van der Waals surface area contributed by atoms with Crippen molar-refractivity contribution in [2.24, 2.45) is 7.05 Å². The number of likely N-dealkylation sites (tertiary alicyclic amines) is 1. The number of nitrogens with zero attached hydrogens (tertiary/aromatic N) is 3. The van der Waals surface area contributed by atoms with Crippen LogP contribution < -0.4 is 4.74 Å². The minimum absolute atomic E-state index is 0.0114. The Morgan fingerprint density at radius 1 is 1.15 bits per heavy atom. The fraction of sp³-hybridized carbons (Fsp3) is 0.333. The molecular weight excluding hydrogens is 358 g/mol. The van der Waals surface area contributed by atoms with E-state index in [1.54, 1.807) is 16.0 Å². The number of aromatic nitrogens is 2. The van der Waals surface area contributed by atoms with Crippen molar-refractivity contribution in [2.75, 3.05) is 13.1 Å². The topological polar surface area (TPSA) is 47.4 Å². The number of carbonyl (C=O) groups is 1. The number of rotatable bonds is 4. The summed E-state index contributed by atoms with van der Waals surface area (Å²) in [5, 5.41) is 8.53. The van der Waals surface area contributed by atoms with Gasteiger partial charge in [-0.2, -0.15) is 16.4 Å². The number of ether oxygens (including phenoxy) is 1. The molecule has 0 bridgehead atoms. The summed E-state index contributed by atoms with van der Waals surface area (Å²) in [5.74, 6) is 0.899. The largest absolute Gasteiger partial charge is 0.490 e. The van der Waals surface area contributed by atoms with Gasteiger partial charge in [-0.05, 0) is 53.1 Å². The highest BCUT2D eigenvalue weighted by Crippen LogP contribution is 2.26. The van der Waals surface area contributed by atoms with Crippen molar-refractivity contribution >= 4 is 17.2 Å². The smallest absolute Gasteiger partial charge is 0.274 e. The van der Waals surface area contributed by atoms with Gasteiger partial charge in [-0.3, -0.25) is 9.48 Å². The Labute approximate surface area is 163 Å². The van der Waals surface area contributed by atoms with E-state index >= 15 is 0 Å². The maximum Gasteiger partial charge on any atom is 0.274 e. The van der Waals surface area contributed by atoms with E-state index in [-0.39, 0.29) is 12.0 Å². The Morgan fingerprint density at radius 2 is 1.89 bits per heavy atom. The van der Waals surface area contributed by atoms with Crippen molar-refractivity contribution < 1.29 is 9.53 Å². The standard InChI is InChI=1S/C21H23N3O2S/c1-15-13-20(22-23(15)2)21(25)24-10-7-19(8-11-24)26-18-5-3-16(4-6-18)17-9-12-27-14-17/h3-6,9,12-14,19H,7-8,10-11H2,1-2H3. The molecule has 1 fully saturated rings. The van der Waals surface area contributed by atoms with Crippen molar-refractivity contribution in [3.63, 3.8) is 0 Å². The zero-order valence-corrected chi connectivity index (χ0v) is 16.4. The number of hydrogen-bond acceptors (Lipinski definition) is 4. The van der Waals surface area contributed by atoms with Gasteiger partial charge in [-0.15, -0.1) is 0 Å². The first kappa shape index (κ1) is 17.8. The summed E-state index contributed by atoms with van der Waals surface area (Å²) in [7, 11) is 1.86. The molecule has 1 aliphatic heterocycles. The molecule has 1 amide bonds. The molecule has 3 aromatic rings. The molecule has 1 aromatic carbocycles. The van der Waals surface area contributed by atoms with Crippen LogP contribution in [-0.2, 0) is 7.05 Å². The van der Waals surface area contributed by atoms with Gasteiger partial charge >= 0.3 is 0 Å². The molecular formula is C21H23N3O2S. The highest BCUT2D eigenvalue weighted by atomic mass is 32.1. The Hall–Kier alpha value is -2.60. The van der Waals surface area contributed by atoms with Gasteiger partial charge in [0.05, 0.1) is 0 Å². The molecule has 140 valence electrons. The van der Waals surface area contributed by atoms with E-state index in [1.807, 2.05) is 37.1 Å². The van der Waals surface area contributed by atoms with Crippen LogP contribution in [0.15, 0.2) is 47.2 Å². The lowest BCUT2D eigenvalue weighted by Crippen LogP contribution is -2.42. The molecule has 1 saturated heterocycles. The van der Waals surface area contributed by atoms with Gasteiger partial charge < -0.3 is 9.64 Å². The quantitative estimate of drug-likeness (QED) is 0.682. The lowest BCUT2D eigenvalue weighted by atomic mass is 10.1. The fourth-order valence-corrected chi connectivity index (χ4v) is 4.02. The van der Waals surface area contributed by atoms with E-state index in [1.165, 1.54) is 11.1 Å². The fourth-order valence-electron chi connectivity index (χ4n) is 3.35. The van der Waals surface area contributed by atoms with E-state index in [2.05, 4.69) is 34.1 Å². The molecule has 3 heterocycles. The Morgan fingerprint density at radius 3 is 2.48 bits per heavy atom. The predicted octanol–water partition coefficient (Wildman–Crippen LogP) is 4.14. The number of benzene rings is 1. The van der Waals surface area contributed by atoms with Gasteiger partial charge in [0.15, 0.2) is 5.69 Å². The van der Waals surface area contributed by atoms with Crippen LogP contribution in [0, 0.1) is 6.92 Å². The van der Waals surface area contributed by atoms with Crippen molar-refractivity contribution in [3.8, 4) is 16.9 Å². The number of amides is 1. The van der Waals surface area contributed by atoms with Gasteiger partial charge in [0.1, 0.15) is 11.9 Å². The third-order valence-electron chi connectivity index (χ3n) is 5.07. The molecule has 5 nitrogen and oxygen atoms in total. The van der Waals surface area contributed by atoms with E-state index in [4.69, 9.17) is 4.74 Å². The molecule has 27 heavy (non-hydrogen) atoms. The SMILES string of the molecule is Cc1cc(C(=O)N2CCC(Oc3ccc(-c4ccsc4)cc3)CC2)nn1C. The molecule has 0 saturated carbocycles. The van der Waals surface area contributed by atoms with Crippen molar-refractivity contribution in [3.05, 3.63) is 58.5 Å². The molecule has 0 spiro atoms. The average molecular weight is 382 g/mol. The lowest BCUT2D eigenvalue weighted by molar-refractivity contribution is 0.0589. The maximum absolute atomic E-state index is 12.6. The average Bonchev–Trinajstić information content (AvgIpc) is 3.33. The number of thiophene rings is 1. The highest BCUT2D eigenvalue weighted by Gasteiger charge is 2.26. The highest BCUT2D eigenvalue weighted by molar-refractivity contribution is 7.08. The Bertz CT molecular complexity index is 888. The summed E-state index contributed by atoms with van der Waals surface area (Å²) in [6.45, 7) is 3.35. The summed E-state index contributed by atoms with van der Waals surface area (Å²) in [5.41, 5.74) is 3.96. The van der Waals surface area contributed by atoms with Gasteiger partial charge in [-0.1, -0.05) is 12.1 Å². The van der Waals surface area contributed by atoms with Crippen LogP contribution in [0.1, 0.15) is 29.0 Å². The third-order valence-corrected chi connectivity index (χ3v) is 5.76. The van der Waals surface area contributed by atoms with E-state index in [0.717, 1.165) is 24.3 Å². The summed E-state index contributed by atoms with van der Waals surface area (Å²) in [4.78, 5) is 14.5. The van der Waals surface area contributed by atoms with Gasteiger partial charge in [0.2, 0.25) is 0 Å². The first-order chi connectivity index (χ1) is 13.1. The summed E-state index contributed by atoms with van der Waals surface area (Å²) >= 11 is 1.70. The number of piperidine rings is 1. The van der Waals surface area contributed by atoms with Crippen LogP contribution in [0.3, 0.4) is 0 Å². The maximum atomic E-state index is 12.6. The van der Waals surface area contributed by atoms with Crippen molar-refractivity contribution in [1.29, 1.82) is 0 Å². The molecule has 0 N–H and O–H groups in total. The van der Waals surface area contributed by atoms with Crippen molar-refractivity contribution in [1.82, 2.24) is 14.7 Å². The Kier molecular flexibility index (Phi) is 4.99. The lowest BCUT2D eigenvalue weighted by Gasteiger charge is -2.31. The first-order valence-corrected chi connectivity index (χ1v) is 10.1. The minimum atomic E-state index is 0.0114. The zero-order chi connectivity index (χ0) is 18.8. The molecule has 0 atom stereocenters. The second-order valence-corrected chi connectivity index (χ2v) is 7.72. The molecule has 0 unspecified atom stereocenters. The van der Waals surface area contributed by atoms with E-state index in [9.17, 15) is 4.79 Å². The molecule has 0 aliphatic carbocycles. The zero-order valence-electron chi connectivity index (χ0n) is 15.6. The number of aryl methyl sites for hydroxylation is 2. The monoisotopic (exact) mass is 381 g/mol. The number of hydrogen-bond donors (Lipinski definition) is 0. The van der Waals surface area contributed by atoms with Crippen LogP contribution in [0.5, 0.6) is 5.75 Å². The van der Waals surface area contributed by atoms with Crippen LogP contribution in [0.4, 0.5) is 0 Å². The van der Waals surface area contributed by atoms with Gasteiger partial charge in [0, 0.05) is 38.7 Å². The molecule has 0 radical (unpaired) electrons. The normalized spacial score (nSPS) is 15.1. The summed E-state index contributed by atoms with van der Waals surface area (Å²) in [6, 6.07) is 12.2.